The molecule has 26 atom stereocenters. The molecule has 12 aliphatic rings. The zero-order chi connectivity index (χ0) is 72.6. The van der Waals surface area contributed by atoms with Crippen molar-refractivity contribution in [3.63, 3.8) is 0 Å². The third-order valence-corrected chi connectivity index (χ3v) is 24.5. The number of fused-ring (bicyclic) bond motifs is 6. The number of ether oxygens (including phenoxy) is 12. The van der Waals surface area contributed by atoms with Crippen LogP contribution in [0.1, 0.15) is 264 Å². The number of benzene rings is 1. The Balaban J connectivity index is 0.000000153. The molecule has 12 fully saturated rings. The van der Waals surface area contributed by atoms with E-state index in [9.17, 15) is 28.8 Å². The molecule has 0 bridgehead atoms. The average molecular weight is 1410 g/mol. The maximum atomic E-state index is 12.5. The van der Waals surface area contributed by atoms with Crippen LogP contribution >= 0.6 is 0 Å². The number of epoxide rings is 6. The van der Waals surface area contributed by atoms with E-state index in [1.165, 1.54) is 5.56 Å². The van der Waals surface area contributed by atoms with Gasteiger partial charge in [-0.25, -0.2) is 0 Å². The third-order valence-electron chi connectivity index (χ3n) is 24.5. The van der Waals surface area contributed by atoms with Crippen LogP contribution in [0.3, 0.4) is 0 Å². The van der Waals surface area contributed by atoms with Gasteiger partial charge in [0.25, 0.3) is 0 Å². The lowest BCUT2D eigenvalue weighted by molar-refractivity contribution is -0.158. The van der Waals surface area contributed by atoms with Crippen LogP contribution < -0.4 is 0 Å². The second kappa shape index (κ2) is 37.7. The summed E-state index contributed by atoms with van der Waals surface area (Å²) >= 11 is 0. The largest absolute Gasteiger partial charge is 0.465 e. The van der Waals surface area contributed by atoms with Crippen LogP contribution in [-0.2, 0) is 85.6 Å². The highest BCUT2D eigenvalue weighted by atomic mass is 16.6. The fourth-order valence-corrected chi connectivity index (χ4v) is 14.7. The van der Waals surface area contributed by atoms with Crippen molar-refractivity contribution in [1.82, 2.24) is 0 Å². The average Bonchev–Trinajstić information content (AvgIpc) is 1.62. The van der Waals surface area contributed by atoms with E-state index < -0.39 is 0 Å². The number of carbonyl (C=O) groups excluding carboxylic acids is 6. The first-order chi connectivity index (χ1) is 47.6. The Hall–Kier alpha value is -4.20. The van der Waals surface area contributed by atoms with Gasteiger partial charge in [-0.1, -0.05) is 159 Å². The van der Waals surface area contributed by atoms with E-state index >= 15 is 0 Å². The zero-order valence-corrected chi connectivity index (χ0v) is 64.3. The normalized spacial score (nSPS) is 36.8. The molecule has 0 radical (unpaired) electrons. The number of esters is 6. The van der Waals surface area contributed by atoms with E-state index in [2.05, 4.69) is 116 Å². The molecule has 13 rings (SSSR count). The highest BCUT2D eigenvalue weighted by molar-refractivity contribution is 5.77. The number of hydrogen-bond acceptors (Lipinski definition) is 18. The van der Waals surface area contributed by atoms with Gasteiger partial charge in [0.15, 0.2) is 0 Å². The first-order valence-corrected chi connectivity index (χ1v) is 39.7. The summed E-state index contributed by atoms with van der Waals surface area (Å²) < 4.78 is 65.5. The van der Waals surface area contributed by atoms with Gasteiger partial charge in [-0.15, -0.1) is 0 Å². The number of hydrogen-bond donors (Lipinski definition) is 0. The summed E-state index contributed by atoms with van der Waals surface area (Å²) in [7, 11) is 0. The molecule has 0 amide bonds. The van der Waals surface area contributed by atoms with Gasteiger partial charge in [0, 0.05) is 0 Å². The summed E-state index contributed by atoms with van der Waals surface area (Å²) in [5.74, 6) is 3.52. The summed E-state index contributed by atoms with van der Waals surface area (Å²) in [4.78, 5) is 71.8. The van der Waals surface area contributed by atoms with E-state index in [0.29, 0.717) is 136 Å². The molecule has 6 aliphatic heterocycles. The van der Waals surface area contributed by atoms with E-state index in [4.69, 9.17) is 56.8 Å². The fraction of sp³-hybridized carbons (Fsp3) is 0.854. The van der Waals surface area contributed by atoms with Gasteiger partial charge in [-0.3, -0.25) is 28.8 Å². The van der Waals surface area contributed by atoms with Crippen molar-refractivity contribution in [2.45, 2.75) is 330 Å². The van der Waals surface area contributed by atoms with Gasteiger partial charge in [-0.05, 0) is 176 Å². The minimum atomic E-state index is -0.300. The second-order valence-electron chi connectivity index (χ2n) is 33.4. The maximum absolute atomic E-state index is 12.5. The van der Waals surface area contributed by atoms with Gasteiger partial charge in [-0.2, -0.15) is 0 Å². The van der Waals surface area contributed by atoms with Crippen molar-refractivity contribution < 1.29 is 85.6 Å². The molecule has 1 aromatic carbocycles. The summed E-state index contributed by atoms with van der Waals surface area (Å²) in [5, 5.41) is 0. The van der Waals surface area contributed by atoms with Crippen LogP contribution in [0.2, 0.25) is 0 Å². The summed E-state index contributed by atoms with van der Waals surface area (Å²) in [5.41, 5.74) is 1.01. The molecule has 568 valence electrons. The Morgan fingerprint density at radius 2 is 0.820 bits per heavy atom. The highest BCUT2D eigenvalue weighted by Gasteiger charge is 2.59. The monoisotopic (exact) mass is 1400 g/mol. The Morgan fingerprint density at radius 1 is 0.400 bits per heavy atom. The second-order valence-corrected chi connectivity index (χ2v) is 33.4. The fourth-order valence-electron chi connectivity index (χ4n) is 14.7. The standard InChI is InChI=1S/C18H24O3.4C13H22O3.C12H20O3/c1-3-12(2)11-20-18(19)15-10-17-16(21-17)9-14(15)13-7-5-4-6-8-13;1-4-8(2)7-15-13(14)10-6-12-11(16-12)5-9(10)3;1-4-9(2)8-15-12(14)13(3)6-5-10-11(7-13)16-10;1-4-9(2)8-15-12(14)10-5-6-13(3)11(7-10)16-13;1-4-9(2)8-15-12(14)10-5-6-11-13(3,7-10)16-11;1-3-8(2)7-14-12(13)9-4-5-10-11(6-9)15-10/h4-8,12,14-17H,3,9-11H2,1-2H3;8-12H,4-7H2,1-3H3;3*9-11H,4-8H2,1-3H3;8-11H,3-7H2,1-2H3. The Morgan fingerprint density at radius 3 is 1.33 bits per heavy atom. The Bertz CT molecular complexity index is 2740. The van der Waals surface area contributed by atoms with Gasteiger partial charge < -0.3 is 56.8 Å². The van der Waals surface area contributed by atoms with Crippen molar-refractivity contribution in [2.24, 2.45) is 76.4 Å². The van der Waals surface area contributed by atoms with Crippen LogP contribution in [0.4, 0.5) is 0 Å². The molecule has 18 heteroatoms. The third kappa shape index (κ3) is 24.4. The van der Waals surface area contributed by atoms with Crippen molar-refractivity contribution >= 4 is 35.8 Å². The smallest absolute Gasteiger partial charge is 0.311 e. The van der Waals surface area contributed by atoms with Crippen molar-refractivity contribution in [1.29, 1.82) is 0 Å². The Labute approximate surface area is 600 Å². The molecule has 6 saturated carbocycles. The SMILES string of the molecule is CCC(C)COC(=O)C1(C)CCC2OC2C1.CCC(C)COC(=O)C1CC2OC2CC1C.CCC(C)COC(=O)C1CC2OC2CC1c1ccccc1.CCC(C)COC(=O)C1CCC2(C)OC2C1.CCC(C)COC(=O)C1CCC2OC2(C)C1.CCC(C)COC(=O)C1CCC2OC2C1. The van der Waals surface area contributed by atoms with E-state index in [-0.39, 0.29) is 94.0 Å². The van der Waals surface area contributed by atoms with Gasteiger partial charge in [0.05, 0.1) is 147 Å². The number of carbonyl (C=O) groups is 6. The first-order valence-electron chi connectivity index (χ1n) is 39.7. The first kappa shape index (κ1) is 81.5. The Kier molecular flexibility index (Phi) is 30.7. The summed E-state index contributed by atoms with van der Waals surface area (Å²) in [6.07, 6.45) is 24.9. The zero-order valence-electron chi connectivity index (χ0n) is 64.3. The minimum Gasteiger partial charge on any atom is -0.465 e. The minimum absolute atomic E-state index is 0.00995. The lowest BCUT2D eigenvalue weighted by Gasteiger charge is -2.29. The van der Waals surface area contributed by atoms with Crippen LogP contribution in [0.5, 0.6) is 0 Å². The van der Waals surface area contributed by atoms with Gasteiger partial charge in [0.2, 0.25) is 0 Å². The van der Waals surface area contributed by atoms with Crippen LogP contribution in [0, 0.1) is 76.4 Å². The molecule has 1 aromatic rings. The quantitative estimate of drug-likeness (QED) is 0.0503. The van der Waals surface area contributed by atoms with E-state index in [1.807, 2.05) is 25.1 Å². The topological polar surface area (TPSA) is 233 Å². The maximum Gasteiger partial charge on any atom is 0.311 e. The van der Waals surface area contributed by atoms with E-state index in [1.54, 1.807) is 0 Å². The summed E-state index contributed by atoms with van der Waals surface area (Å²) in [6.45, 7) is 37.1. The predicted octanol–water partition coefficient (Wildman–Crippen LogP) is 15.7. The number of rotatable bonds is 25. The molecule has 6 saturated heterocycles. The molecule has 0 spiro atoms. The molecule has 18 nitrogen and oxygen atoms in total. The molecule has 100 heavy (non-hydrogen) atoms. The highest BCUT2D eigenvalue weighted by Crippen LogP contribution is 2.52. The van der Waals surface area contributed by atoms with Gasteiger partial charge in [0.1, 0.15) is 0 Å². The predicted molar refractivity (Wildman–Crippen MR) is 381 cm³/mol. The lowest BCUT2D eigenvalue weighted by Crippen LogP contribution is -2.35. The molecular formula is C82H132O18. The lowest BCUT2D eigenvalue weighted by atomic mass is 9.75. The molecule has 6 heterocycles. The molecule has 6 aliphatic carbocycles. The van der Waals surface area contributed by atoms with Crippen LogP contribution in [0.25, 0.3) is 0 Å². The molecular weight excluding hydrogens is 1270 g/mol. The molecule has 0 aromatic heterocycles. The van der Waals surface area contributed by atoms with E-state index in [0.717, 1.165) is 141 Å². The van der Waals surface area contributed by atoms with Crippen LogP contribution in [0.15, 0.2) is 30.3 Å². The molecule has 26 unspecified atom stereocenters. The van der Waals surface area contributed by atoms with Crippen LogP contribution in [-0.4, -0.2) is 148 Å². The molecule has 0 N–H and O–H groups in total. The van der Waals surface area contributed by atoms with Gasteiger partial charge >= 0.3 is 35.8 Å². The van der Waals surface area contributed by atoms with Crippen molar-refractivity contribution in [2.75, 3.05) is 39.6 Å². The summed E-state index contributed by atoms with van der Waals surface area (Å²) in [6, 6.07) is 10.3. The van der Waals surface area contributed by atoms with Crippen molar-refractivity contribution in [3.05, 3.63) is 35.9 Å². The van der Waals surface area contributed by atoms with Crippen molar-refractivity contribution in [3.8, 4) is 0 Å².